The summed E-state index contributed by atoms with van der Waals surface area (Å²) in [7, 11) is 0. The number of nitrogens with one attached hydrogen (secondary N) is 1. The molecule has 0 aliphatic carbocycles. The summed E-state index contributed by atoms with van der Waals surface area (Å²) < 4.78 is 4.54. The molecule has 1 aliphatic rings. The zero-order chi connectivity index (χ0) is 13.8. The quantitative estimate of drug-likeness (QED) is 0.667. The van der Waals surface area contributed by atoms with Crippen LogP contribution in [0.15, 0.2) is 30.3 Å². The maximum Gasteiger partial charge on any atom is 0.293 e. The van der Waals surface area contributed by atoms with Gasteiger partial charge in [0.2, 0.25) is 0 Å². The fourth-order valence-corrected chi connectivity index (χ4v) is 2.68. The summed E-state index contributed by atoms with van der Waals surface area (Å²) in [6, 6.07) is 9.55. The molecular weight excluding hydrogens is 306 g/mol. The lowest BCUT2D eigenvalue weighted by Gasteiger charge is -2.21. The number of hydrogen-bond acceptors (Lipinski definition) is 3. The number of piperidine rings is 1. The normalized spacial score (nSPS) is 15.2. The van der Waals surface area contributed by atoms with Gasteiger partial charge in [0.25, 0.3) is 6.47 Å². The van der Waals surface area contributed by atoms with Gasteiger partial charge in [0, 0.05) is 5.33 Å². The highest BCUT2D eigenvalue weighted by atomic mass is 79.9. The van der Waals surface area contributed by atoms with E-state index in [1.54, 1.807) is 0 Å². The second-order valence-electron chi connectivity index (χ2n) is 4.56. The molecule has 1 aromatic carbocycles. The lowest BCUT2D eigenvalue weighted by Crippen LogP contribution is -2.27. The van der Waals surface area contributed by atoms with Crippen LogP contribution in [0.1, 0.15) is 24.8 Å². The van der Waals surface area contributed by atoms with Crippen LogP contribution in [0.5, 0.6) is 0 Å². The van der Waals surface area contributed by atoms with E-state index in [1.165, 1.54) is 37.7 Å². The van der Waals surface area contributed by atoms with E-state index in [2.05, 4.69) is 26.0 Å². The number of benzene rings is 1. The third-order valence-corrected chi connectivity index (χ3v) is 3.59. The Hall–Kier alpha value is -0.870. The molecule has 4 heteroatoms. The molecule has 0 spiro atoms. The van der Waals surface area contributed by atoms with Gasteiger partial charge in [-0.15, -0.1) is 0 Å². The molecule has 1 heterocycles. The van der Waals surface area contributed by atoms with Crippen molar-refractivity contribution in [1.82, 2.24) is 5.32 Å². The predicted octanol–water partition coefficient (Wildman–Crippen LogP) is 3.13. The van der Waals surface area contributed by atoms with Gasteiger partial charge in [-0.25, -0.2) is 0 Å². The summed E-state index contributed by atoms with van der Waals surface area (Å²) in [4.78, 5) is 9.76. The Morgan fingerprint density at radius 2 is 1.95 bits per heavy atom. The SMILES string of the molecule is BrCCC1CCNCC1.O=COCc1ccccc1. The van der Waals surface area contributed by atoms with Crippen LogP contribution >= 0.6 is 15.9 Å². The van der Waals surface area contributed by atoms with Crippen molar-refractivity contribution in [1.29, 1.82) is 0 Å². The van der Waals surface area contributed by atoms with E-state index < -0.39 is 0 Å². The van der Waals surface area contributed by atoms with Gasteiger partial charge in [0.05, 0.1) is 0 Å². The van der Waals surface area contributed by atoms with Gasteiger partial charge < -0.3 is 10.1 Å². The first-order valence-electron chi connectivity index (χ1n) is 6.72. The summed E-state index contributed by atoms with van der Waals surface area (Å²) in [6.45, 7) is 3.28. The number of carbonyl (C=O) groups excluding carboxylic acids is 1. The van der Waals surface area contributed by atoms with E-state index in [-0.39, 0.29) is 0 Å². The molecule has 1 aliphatic heterocycles. The molecule has 0 atom stereocenters. The summed E-state index contributed by atoms with van der Waals surface area (Å²) in [5.74, 6) is 0.991. The van der Waals surface area contributed by atoms with Crippen molar-refractivity contribution in [2.45, 2.75) is 25.9 Å². The fraction of sp³-hybridized carbons (Fsp3) is 0.533. The minimum Gasteiger partial charge on any atom is -0.463 e. The molecule has 0 amide bonds. The highest BCUT2D eigenvalue weighted by molar-refractivity contribution is 9.09. The van der Waals surface area contributed by atoms with Crippen LogP contribution < -0.4 is 5.32 Å². The Labute approximate surface area is 123 Å². The number of hydrogen-bond donors (Lipinski definition) is 1. The topological polar surface area (TPSA) is 38.3 Å². The van der Waals surface area contributed by atoms with Crippen LogP contribution in [0.3, 0.4) is 0 Å². The fourth-order valence-electron chi connectivity index (χ4n) is 2.03. The number of halogens is 1. The molecule has 106 valence electrons. The maximum absolute atomic E-state index is 9.76. The monoisotopic (exact) mass is 327 g/mol. The second kappa shape index (κ2) is 11.0. The molecule has 19 heavy (non-hydrogen) atoms. The maximum atomic E-state index is 9.76. The third-order valence-electron chi connectivity index (χ3n) is 3.14. The van der Waals surface area contributed by atoms with E-state index >= 15 is 0 Å². The largest absolute Gasteiger partial charge is 0.463 e. The Kier molecular flexibility index (Phi) is 9.37. The Morgan fingerprint density at radius 3 is 2.53 bits per heavy atom. The van der Waals surface area contributed by atoms with Crippen LogP contribution in [-0.4, -0.2) is 24.9 Å². The van der Waals surface area contributed by atoms with Gasteiger partial charge in [0.1, 0.15) is 6.61 Å². The van der Waals surface area contributed by atoms with Gasteiger partial charge in [0.15, 0.2) is 0 Å². The summed E-state index contributed by atoms with van der Waals surface area (Å²) in [5.41, 5.74) is 1.01. The Bertz CT molecular complexity index is 323. The first kappa shape index (κ1) is 16.2. The van der Waals surface area contributed by atoms with Crippen molar-refractivity contribution in [2.75, 3.05) is 18.4 Å². The van der Waals surface area contributed by atoms with E-state index in [0.29, 0.717) is 13.1 Å². The number of alkyl halides is 1. The zero-order valence-electron chi connectivity index (χ0n) is 11.2. The van der Waals surface area contributed by atoms with Crippen molar-refractivity contribution in [2.24, 2.45) is 5.92 Å². The molecule has 0 bridgehead atoms. The van der Waals surface area contributed by atoms with E-state index in [1.807, 2.05) is 30.3 Å². The summed E-state index contributed by atoms with van der Waals surface area (Å²) in [6.07, 6.45) is 4.12. The lowest BCUT2D eigenvalue weighted by atomic mass is 9.96. The van der Waals surface area contributed by atoms with Crippen LogP contribution in [0, 0.1) is 5.92 Å². The summed E-state index contributed by atoms with van der Waals surface area (Å²) >= 11 is 3.46. The average molecular weight is 328 g/mol. The van der Waals surface area contributed by atoms with E-state index in [0.717, 1.165) is 11.5 Å². The minimum atomic E-state index is 0.365. The van der Waals surface area contributed by atoms with Crippen LogP contribution in [-0.2, 0) is 16.1 Å². The van der Waals surface area contributed by atoms with Crippen molar-refractivity contribution < 1.29 is 9.53 Å². The van der Waals surface area contributed by atoms with Gasteiger partial charge >= 0.3 is 0 Å². The molecule has 1 aromatic rings. The van der Waals surface area contributed by atoms with Gasteiger partial charge in [-0.1, -0.05) is 46.3 Å². The molecule has 1 N–H and O–H groups in total. The minimum absolute atomic E-state index is 0.365. The highest BCUT2D eigenvalue weighted by Gasteiger charge is 2.10. The van der Waals surface area contributed by atoms with Crippen LogP contribution in [0.2, 0.25) is 0 Å². The van der Waals surface area contributed by atoms with E-state index in [4.69, 9.17) is 0 Å². The molecule has 0 radical (unpaired) electrons. The molecule has 0 aromatic heterocycles. The molecule has 1 saturated heterocycles. The summed E-state index contributed by atoms with van der Waals surface area (Å²) in [5, 5.41) is 4.54. The van der Waals surface area contributed by atoms with Crippen molar-refractivity contribution in [3.05, 3.63) is 35.9 Å². The Morgan fingerprint density at radius 1 is 1.26 bits per heavy atom. The molecule has 0 saturated carbocycles. The smallest absolute Gasteiger partial charge is 0.293 e. The van der Waals surface area contributed by atoms with Gasteiger partial charge in [-0.05, 0) is 43.8 Å². The number of carbonyl (C=O) groups is 1. The van der Waals surface area contributed by atoms with Crippen LogP contribution in [0.25, 0.3) is 0 Å². The molecule has 1 fully saturated rings. The second-order valence-corrected chi connectivity index (χ2v) is 5.36. The molecule has 0 unspecified atom stereocenters. The highest BCUT2D eigenvalue weighted by Crippen LogP contribution is 2.16. The van der Waals surface area contributed by atoms with Crippen molar-refractivity contribution in [3.8, 4) is 0 Å². The number of ether oxygens (including phenoxy) is 1. The number of rotatable bonds is 5. The Balaban J connectivity index is 0.000000191. The lowest BCUT2D eigenvalue weighted by molar-refractivity contribution is -0.129. The average Bonchev–Trinajstić information content (AvgIpc) is 2.48. The molecular formula is C15H22BrNO2. The zero-order valence-corrected chi connectivity index (χ0v) is 12.8. The first-order chi connectivity index (χ1) is 9.36. The molecule has 3 nitrogen and oxygen atoms in total. The van der Waals surface area contributed by atoms with Gasteiger partial charge in [-0.3, -0.25) is 4.79 Å². The predicted molar refractivity (Wildman–Crippen MR) is 81.3 cm³/mol. The van der Waals surface area contributed by atoms with E-state index in [9.17, 15) is 4.79 Å². The van der Waals surface area contributed by atoms with Crippen molar-refractivity contribution in [3.63, 3.8) is 0 Å². The third kappa shape index (κ3) is 8.01. The standard InChI is InChI=1S/C8H8O2.C7H14BrN/c9-7-10-6-8-4-2-1-3-5-8;8-4-1-7-2-5-9-6-3-7/h1-5,7H,6H2;7,9H,1-6H2. The molecule has 2 rings (SSSR count). The van der Waals surface area contributed by atoms with Gasteiger partial charge in [-0.2, -0.15) is 0 Å². The van der Waals surface area contributed by atoms with Crippen LogP contribution in [0.4, 0.5) is 0 Å². The first-order valence-corrected chi connectivity index (χ1v) is 7.84. The van der Waals surface area contributed by atoms with Crippen molar-refractivity contribution >= 4 is 22.4 Å².